The lowest BCUT2D eigenvalue weighted by molar-refractivity contribution is 0.805. The number of hydrogen-bond donors (Lipinski definition) is 1. The topological polar surface area (TPSA) is 69.6 Å². The van der Waals surface area contributed by atoms with Crippen LogP contribution < -0.4 is 5.73 Å². The summed E-state index contributed by atoms with van der Waals surface area (Å²) >= 11 is 1.49. The highest BCUT2D eigenvalue weighted by molar-refractivity contribution is 7.98. The summed E-state index contributed by atoms with van der Waals surface area (Å²) in [6, 6.07) is 3.59. The van der Waals surface area contributed by atoms with Gasteiger partial charge >= 0.3 is 0 Å². The molecule has 2 heterocycles. The second-order valence-corrected chi connectivity index (χ2v) is 3.80. The van der Waals surface area contributed by atoms with Gasteiger partial charge in [-0.05, 0) is 13.2 Å². The summed E-state index contributed by atoms with van der Waals surface area (Å²) in [4.78, 5) is 8.40. The van der Waals surface area contributed by atoms with Crippen molar-refractivity contribution in [3.8, 4) is 5.82 Å². The largest absolute Gasteiger partial charge is 0.384 e. The van der Waals surface area contributed by atoms with E-state index in [1.165, 1.54) is 11.8 Å². The van der Waals surface area contributed by atoms with Crippen LogP contribution in [-0.2, 0) is 0 Å². The van der Waals surface area contributed by atoms with Crippen molar-refractivity contribution < 1.29 is 0 Å². The van der Waals surface area contributed by atoms with Crippen molar-refractivity contribution in [1.29, 1.82) is 0 Å². The third-order valence-electron chi connectivity index (χ3n) is 1.88. The van der Waals surface area contributed by atoms with E-state index in [0.29, 0.717) is 16.8 Å². The first-order valence-electron chi connectivity index (χ1n) is 4.40. The highest BCUT2D eigenvalue weighted by atomic mass is 32.2. The smallest absolute Gasteiger partial charge is 0.189 e. The summed E-state index contributed by atoms with van der Waals surface area (Å²) in [5.74, 6) is 1.28. The van der Waals surface area contributed by atoms with Gasteiger partial charge < -0.3 is 5.73 Å². The Bertz CT molecular complexity index is 479. The summed E-state index contributed by atoms with van der Waals surface area (Å²) < 4.78 is 1.61. The molecule has 0 aliphatic rings. The van der Waals surface area contributed by atoms with Crippen molar-refractivity contribution in [3.63, 3.8) is 0 Å². The molecule has 15 heavy (non-hydrogen) atoms. The van der Waals surface area contributed by atoms with Crippen LogP contribution in [0.2, 0.25) is 0 Å². The summed E-state index contributed by atoms with van der Waals surface area (Å²) in [6.07, 6.45) is 3.63. The van der Waals surface area contributed by atoms with Gasteiger partial charge in [-0.1, -0.05) is 11.8 Å². The third-order valence-corrected chi connectivity index (χ3v) is 2.44. The molecule has 0 aliphatic heterocycles. The molecule has 0 atom stereocenters. The molecule has 2 N–H and O–H groups in total. The molecular weight excluding hydrogens is 210 g/mol. The fourth-order valence-corrected chi connectivity index (χ4v) is 1.60. The molecule has 0 saturated heterocycles. The lowest BCUT2D eigenvalue weighted by Crippen LogP contribution is -2.04. The molecule has 0 bridgehead atoms. The summed E-state index contributed by atoms with van der Waals surface area (Å²) in [5, 5.41) is 4.96. The standard InChI is InChI=1S/C9H11N5S/c1-6-5-7(10)14(13-6)8-3-4-11-9(12-8)15-2/h3-5H,10H2,1-2H3. The van der Waals surface area contributed by atoms with Gasteiger partial charge in [-0.25, -0.2) is 9.97 Å². The number of anilines is 1. The van der Waals surface area contributed by atoms with Crippen LogP contribution in [0.1, 0.15) is 5.69 Å². The van der Waals surface area contributed by atoms with Crippen LogP contribution in [0.15, 0.2) is 23.5 Å². The van der Waals surface area contributed by atoms with Gasteiger partial charge in [0.25, 0.3) is 0 Å². The van der Waals surface area contributed by atoms with E-state index in [0.717, 1.165) is 5.69 Å². The Balaban J connectivity index is 2.49. The highest BCUT2D eigenvalue weighted by Crippen LogP contribution is 2.14. The summed E-state index contributed by atoms with van der Waals surface area (Å²) in [6.45, 7) is 1.89. The van der Waals surface area contributed by atoms with Gasteiger partial charge in [0.1, 0.15) is 5.82 Å². The molecule has 6 heteroatoms. The third kappa shape index (κ3) is 1.94. The summed E-state index contributed by atoms with van der Waals surface area (Å²) in [5.41, 5.74) is 6.67. The normalized spacial score (nSPS) is 10.5. The van der Waals surface area contributed by atoms with Crippen LogP contribution in [0, 0.1) is 6.92 Å². The van der Waals surface area contributed by atoms with Crippen LogP contribution >= 0.6 is 11.8 Å². The monoisotopic (exact) mass is 221 g/mol. The first kappa shape index (κ1) is 9.97. The van der Waals surface area contributed by atoms with Crippen molar-refractivity contribution in [2.75, 3.05) is 12.0 Å². The maximum atomic E-state index is 5.80. The maximum Gasteiger partial charge on any atom is 0.189 e. The molecule has 0 aromatic carbocycles. The number of nitrogen functional groups attached to an aromatic ring is 1. The SMILES string of the molecule is CSc1nccc(-n2nc(C)cc2N)n1. The van der Waals surface area contributed by atoms with Crippen LogP contribution in [-0.4, -0.2) is 26.0 Å². The average Bonchev–Trinajstić information content (AvgIpc) is 2.58. The van der Waals surface area contributed by atoms with E-state index in [1.807, 2.05) is 13.2 Å². The predicted molar refractivity (Wildman–Crippen MR) is 60.1 cm³/mol. The van der Waals surface area contributed by atoms with Crippen molar-refractivity contribution in [1.82, 2.24) is 19.7 Å². The number of nitrogens with two attached hydrogens (primary N) is 1. The molecule has 2 rings (SSSR count). The molecule has 0 aliphatic carbocycles. The number of thioether (sulfide) groups is 1. The molecular formula is C9H11N5S. The Morgan fingerprint density at radius 3 is 2.87 bits per heavy atom. The Labute approximate surface area is 91.7 Å². The average molecular weight is 221 g/mol. The van der Waals surface area contributed by atoms with Crippen molar-refractivity contribution >= 4 is 17.6 Å². The number of aryl methyl sites for hydroxylation is 1. The van der Waals surface area contributed by atoms with E-state index in [-0.39, 0.29) is 0 Å². The Morgan fingerprint density at radius 2 is 2.27 bits per heavy atom. The van der Waals surface area contributed by atoms with Gasteiger partial charge in [0, 0.05) is 18.3 Å². The molecule has 5 nitrogen and oxygen atoms in total. The number of nitrogens with zero attached hydrogens (tertiary/aromatic N) is 4. The zero-order chi connectivity index (χ0) is 10.8. The number of rotatable bonds is 2. The lowest BCUT2D eigenvalue weighted by atomic mass is 10.5. The fourth-order valence-electron chi connectivity index (χ4n) is 1.25. The first-order chi connectivity index (χ1) is 7.20. The molecule has 2 aromatic rings. The molecule has 0 fully saturated rings. The van der Waals surface area contributed by atoms with Crippen LogP contribution in [0.3, 0.4) is 0 Å². The Morgan fingerprint density at radius 1 is 1.47 bits per heavy atom. The van der Waals surface area contributed by atoms with Crippen molar-refractivity contribution in [3.05, 3.63) is 24.0 Å². The first-order valence-corrected chi connectivity index (χ1v) is 5.62. The van der Waals surface area contributed by atoms with Gasteiger partial charge in [-0.3, -0.25) is 0 Å². The lowest BCUT2D eigenvalue weighted by Gasteiger charge is -2.03. The van der Waals surface area contributed by atoms with E-state index >= 15 is 0 Å². The van der Waals surface area contributed by atoms with Gasteiger partial charge in [-0.2, -0.15) is 9.78 Å². The highest BCUT2D eigenvalue weighted by Gasteiger charge is 2.06. The van der Waals surface area contributed by atoms with Crippen LogP contribution in [0.25, 0.3) is 5.82 Å². The molecule has 0 radical (unpaired) electrons. The molecule has 78 valence electrons. The van der Waals surface area contributed by atoms with E-state index in [1.54, 1.807) is 23.0 Å². The quantitative estimate of drug-likeness (QED) is 0.611. The van der Waals surface area contributed by atoms with Crippen molar-refractivity contribution in [2.24, 2.45) is 0 Å². The second kappa shape index (κ2) is 3.90. The van der Waals surface area contributed by atoms with Crippen LogP contribution in [0.5, 0.6) is 0 Å². The van der Waals surface area contributed by atoms with E-state index in [9.17, 15) is 0 Å². The zero-order valence-corrected chi connectivity index (χ0v) is 9.32. The molecule has 0 saturated carbocycles. The maximum absolute atomic E-state index is 5.80. The minimum Gasteiger partial charge on any atom is -0.384 e. The van der Waals surface area contributed by atoms with Crippen molar-refractivity contribution in [2.45, 2.75) is 12.1 Å². The predicted octanol–water partition coefficient (Wildman–Crippen LogP) is 1.27. The van der Waals surface area contributed by atoms with E-state index in [2.05, 4.69) is 15.1 Å². The van der Waals surface area contributed by atoms with Gasteiger partial charge in [0.2, 0.25) is 0 Å². The minimum atomic E-state index is 0.582. The number of hydrogen-bond acceptors (Lipinski definition) is 5. The summed E-state index contributed by atoms with van der Waals surface area (Å²) in [7, 11) is 0. The van der Waals surface area contributed by atoms with Gasteiger partial charge in [0.05, 0.1) is 5.69 Å². The van der Waals surface area contributed by atoms with Gasteiger partial charge in [-0.15, -0.1) is 0 Å². The molecule has 0 unspecified atom stereocenters. The Hall–Kier alpha value is -1.56. The molecule has 0 spiro atoms. The Kier molecular flexibility index (Phi) is 2.59. The number of aromatic nitrogens is 4. The van der Waals surface area contributed by atoms with Gasteiger partial charge in [0.15, 0.2) is 11.0 Å². The van der Waals surface area contributed by atoms with E-state index < -0.39 is 0 Å². The zero-order valence-electron chi connectivity index (χ0n) is 8.51. The molecule has 0 amide bonds. The minimum absolute atomic E-state index is 0.582. The second-order valence-electron chi connectivity index (χ2n) is 3.02. The molecule has 2 aromatic heterocycles. The van der Waals surface area contributed by atoms with E-state index in [4.69, 9.17) is 5.73 Å². The van der Waals surface area contributed by atoms with Crippen LogP contribution in [0.4, 0.5) is 5.82 Å². The fraction of sp³-hybridized carbons (Fsp3) is 0.222.